The first-order valence-corrected chi connectivity index (χ1v) is 11.3. The van der Waals surface area contributed by atoms with E-state index in [1.165, 1.54) is 4.70 Å². The smallest absolute Gasteiger partial charge is 0.339 e. The van der Waals surface area contributed by atoms with Gasteiger partial charge in [-0.1, -0.05) is 12.1 Å². The third-order valence-electron chi connectivity index (χ3n) is 5.80. The molecule has 30 heavy (non-hydrogen) atoms. The molecular weight excluding hydrogens is 398 g/mol. The maximum atomic E-state index is 13.1. The highest BCUT2D eigenvalue weighted by Gasteiger charge is 2.28. The molecule has 0 saturated carbocycles. The Morgan fingerprint density at radius 3 is 2.83 bits per heavy atom. The number of hydrogen-bond donors (Lipinski definition) is 0. The van der Waals surface area contributed by atoms with Crippen molar-refractivity contribution in [3.8, 4) is 0 Å². The number of esters is 1. The quantitative estimate of drug-likeness (QED) is 0.572. The Kier molecular flexibility index (Phi) is 5.90. The molecule has 7 heteroatoms. The molecule has 1 amide bonds. The summed E-state index contributed by atoms with van der Waals surface area (Å²) < 4.78 is 8.24. The van der Waals surface area contributed by atoms with E-state index in [0.29, 0.717) is 18.7 Å². The summed E-state index contributed by atoms with van der Waals surface area (Å²) >= 11 is 1.73. The predicted octanol–water partition coefficient (Wildman–Crippen LogP) is 4.30. The zero-order chi connectivity index (χ0) is 21.3. The Bertz CT molecular complexity index is 1050. The monoisotopic (exact) mass is 425 g/mol. The van der Waals surface area contributed by atoms with Crippen molar-refractivity contribution in [3.05, 3.63) is 52.3 Å². The third-order valence-corrected chi connectivity index (χ3v) is 7.00. The number of rotatable bonds is 5. The van der Waals surface area contributed by atoms with E-state index in [1.54, 1.807) is 24.3 Å². The number of aryl methyl sites for hydroxylation is 1. The van der Waals surface area contributed by atoms with Gasteiger partial charge in [0, 0.05) is 30.4 Å². The summed E-state index contributed by atoms with van der Waals surface area (Å²) in [5.74, 6) is 0.0261. The van der Waals surface area contributed by atoms with Crippen LogP contribution in [-0.2, 0) is 16.1 Å². The average Bonchev–Trinajstić information content (AvgIpc) is 3.30. The fraction of sp³-hybridized carbons (Fsp3) is 0.435. The number of carbonyl (C=O) groups excluding carboxylic acids is 2. The van der Waals surface area contributed by atoms with Gasteiger partial charge in [0.2, 0.25) is 5.91 Å². The molecule has 0 aliphatic carbocycles. The van der Waals surface area contributed by atoms with Gasteiger partial charge in [0.1, 0.15) is 6.54 Å². The molecule has 1 aliphatic heterocycles. The summed E-state index contributed by atoms with van der Waals surface area (Å²) in [7, 11) is 0. The summed E-state index contributed by atoms with van der Waals surface area (Å²) in [5, 5.41) is 1.12. The molecule has 158 valence electrons. The van der Waals surface area contributed by atoms with Crippen molar-refractivity contribution in [1.82, 2.24) is 14.5 Å². The SMILES string of the molecule is CCOC(=O)c1cc(C)n(CC(=O)N2CCC[C@H](c3nc4ccccc4s3)C2)c1C. The summed E-state index contributed by atoms with van der Waals surface area (Å²) in [6.45, 7) is 7.62. The summed E-state index contributed by atoms with van der Waals surface area (Å²) in [5.41, 5.74) is 3.24. The molecule has 0 radical (unpaired) electrons. The lowest BCUT2D eigenvalue weighted by atomic mass is 9.98. The van der Waals surface area contributed by atoms with Crippen molar-refractivity contribution in [3.63, 3.8) is 0 Å². The number of likely N-dealkylation sites (tertiary alicyclic amines) is 1. The maximum absolute atomic E-state index is 13.1. The minimum Gasteiger partial charge on any atom is -0.462 e. The van der Waals surface area contributed by atoms with Gasteiger partial charge in [-0.25, -0.2) is 9.78 Å². The molecule has 4 rings (SSSR count). The number of benzene rings is 1. The van der Waals surface area contributed by atoms with Crippen molar-refractivity contribution < 1.29 is 14.3 Å². The number of para-hydroxylation sites is 1. The van der Waals surface area contributed by atoms with Crippen LogP contribution in [0.2, 0.25) is 0 Å². The Labute approximate surface area is 180 Å². The van der Waals surface area contributed by atoms with E-state index in [9.17, 15) is 9.59 Å². The molecule has 0 bridgehead atoms. The summed E-state index contributed by atoms with van der Waals surface area (Å²) in [6.07, 6.45) is 2.03. The van der Waals surface area contributed by atoms with E-state index in [1.807, 2.05) is 41.5 Å². The number of hydrogen-bond acceptors (Lipinski definition) is 5. The van der Waals surface area contributed by atoms with E-state index in [4.69, 9.17) is 9.72 Å². The zero-order valence-corrected chi connectivity index (χ0v) is 18.5. The number of fused-ring (bicyclic) bond motifs is 1. The number of ether oxygens (including phenoxy) is 1. The summed E-state index contributed by atoms with van der Waals surface area (Å²) in [6, 6.07) is 9.99. The van der Waals surface area contributed by atoms with Crippen LogP contribution in [0.15, 0.2) is 30.3 Å². The lowest BCUT2D eigenvalue weighted by Gasteiger charge is -2.32. The largest absolute Gasteiger partial charge is 0.462 e. The number of nitrogens with zero attached hydrogens (tertiary/aromatic N) is 3. The first kappa shape index (κ1) is 20.6. The van der Waals surface area contributed by atoms with Crippen LogP contribution in [0.5, 0.6) is 0 Å². The van der Waals surface area contributed by atoms with Gasteiger partial charge in [-0.05, 0) is 51.8 Å². The van der Waals surface area contributed by atoms with Crippen LogP contribution in [0.3, 0.4) is 0 Å². The Morgan fingerprint density at radius 1 is 1.27 bits per heavy atom. The number of amides is 1. The molecule has 6 nitrogen and oxygen atoms in total. The van der Waals surface area contributed by atoms with Gasteiger partial charge < -0.3 is 14.2 Å². The van der Waals surface area contributed by atoms with Gasteiger partial charge in [-0.3, -0.25) is 4.79 Å². The molecule has 0 spiro atoms. The van der Waals surface area contributed by atoms with Gasteiger partial charge >= 0.3 is 5.97 Å². The molecule has 0 N–H and O–H groups in total. The van der Waals surface area contributed by atoms with Crippen molar-refractivity contribution in [2.75, 3.05) is 19.7 Å². The molecule has 3 aromatic rings. The second kappa shape index (κ2) is 8.60. The second-order valence-corrected chi connectivity index (χ2v) is 8.85. The molecule has 1 saturated heterocycles. The Balaban J connectivity index is 1.48. The normalized spacial score (nSPS) is 16.8. The number of carbonyl (C=O) groups is 2. The lowest BCUT2D eigenvalue weighted by molar-refractivity contribution is -0.133. The van der Waals surface area contributed by atoms with Gasteiger partial charge in [0.15, 0.2) is 0 Å². The molecular formula is C23H27N3O3S. The van der Waals surface area contributed by atoms with Gasteiger partial charge in [-0.2, -0.15) is 0 Å². The van der Waals surface area contributed by atoms with Gasteiger partial charge in [-0.15, -0.1) is 11.3 Å². The van der Waals surface area contributed by atoms with Crippen LogP contribution in [0.1, 0.15) is 52.4 Å². The standard InChI is InChI=1S/C23H27N3O3S/c1-4-29-23(28)18-12-15(2)26(16(18)3)14-21(27)25-11-7-8-17(13-25)22-24-19-9-5-6-10-20(19)30-22/h5-6,9-10,12,17H,4,7-8,11,13-14H2,1-3H3/t17-/m0/s1. The van der Waals surface area contributed by atoms with Crippen LogP contribution in [0.25, 0.3) is 10.2 Å². The lowest BCUT2D eigenvalue weighted by Crippen LogP contribution is -2.41. The molecule has 1 aromatic carbocycles. The maximum Gasteiger partial charge on any atom is 0.339 e. The van der Waals surface area contributed by atoms with Gasteiger partial charge in [0.25, 0.3) is 0 Å². The minimum absolute atomic E-state index is 0.0815. The highest BCUT2D eigenvalue weighted by Crippen LogP contribution is 2.33. The van der Waals surface area contributed by atoms with E-state index < -0.39 is 0 Å². The molecule has 3 heterocycles. The molecule has 1 fully saturated rings. The first-order chi connectivity index (χ1) is 14.5. The molecule has 1 atom stereocenters. The van der Waals surface area contributed by atoms with Crippen molar-refractivity contribution >= 4 is 33.4 Å². The number of aromatic nitrogens is 2. The Hall–Kier alpha value is -2.67. The first-order valence-electron chi connectivity index (χ1n) is 10.4. The van der Waals surface area contributed by atoms with E-state index in [0.717, 1.165) is 41.3 Å². The average molecular weight is 426 g/mol. The summed E-state index contributed by atoms with van der Waals surface area (Å²) in [4.78, 5) is 32.0. The highest BCUT2D eigenvalue weighted by molar-refractivity contribution is 7.18. The van der Waals surface area contributed by atoms with Crippen LogP contribution in [0.4, 0.5) is 0 Å². The number of piperidine rings is 1. The minimum atomic E-state index is -0.335. The third kappa shape index (κ3) is 3.99. The fourth-order valence-corrected chi connectivity index (χ4v) is 5.26. The Morgan fingerprint density at radius 2 is 2.07 bits per heavy atom. The van der Waals surface area contributed by atoms with E-state index in [2.05, 4.69) is 6.07 Å². The predicted molar refractivity (Wildman–Crippen MR) is 118 cm³/mol. The van der Waals surface area contributed by atoms with Crippen LogP contribution >= 0.6 is 11.3 Å². The van der Waals surface area contributed by atoms with E-state index in [-0.39, 0.29) is 24.3 Å². The molecule has 0 unspecified atom stereocenters. The van der Waals surface area contributed by atoms with Crippen LogP contribution < -0.4 is 0 Å². The van der Waals surface area contributed by atoms with Gasteiger partial charge in [0.05, 0.1) is 27.4 Å². The zero-order valence-electron chi connectivity index (χ0n) is 17.7. The fourth-order valence-electron chi connectivity index (χ4n) is 4.17. The van der Waals surface area contributed by atoms with Crippen LogP contribution in [-0.4, -0.2) is 46.0 Å². The topological polar surface area (TPSA) is 64.4 Å². The molecule has 1 aliphatic rings. The highest BCUT2D eigenvalue weighted by atomic mass is 32.1. The van der Waals surface area contributed by atoms with Crippen molar-refractivity contribution in [1.29, 1.82) is 0 Å². The number of thiazole rings is 1. The van der Waals surface area contributed by atoms with Crippen LogP contribution in [0, 0.1) is 13.8 Å². The van der Waals surface area contributed by atoms with Crippen molar-refractivity contribution in [2.45, 2.75) is 46.1 Å². The molecule has 2 aromatic heterocycles. The van der Waals surface area contributed by atoms with E-state index >= 15 is 0 Å². The van der Waals surface area contributed by atoms with Crippen molar-refractivity contribution in [2.24, 2.45) is 0 Å². The second-order valence-electron chi connectivity index (χ2n) is 7.79.